The second-order valence-electron chi connectivity index (χ2n) is 5.62. The Bertz CT molecular complexity index is 619. The van der Waals surface area contributed by atoms with E-state index in [1.54, 1.807) is 23.9 Å². The third-order valence-corrected chi connectivity index (χ3v) is 5.23. The fourth-order valence-corrected chi connectivity index (χ4v) is 3.82. The van der Waals surface area contributed by atoms with Gasteiger partial charge < -0.3 is 5.32 Å². The highest BCUT2D eigenvalue weighted by atomic mass is 35.5. The topological polar surface area (TPSA) is 52.9 Å². The van der Waals surface area contributed by atoms with E-state index >= 15 is 0 Å². The van der Waals surface area contributed by atoms with Gasteiger partial charge in [-0.15, -0.1) is 11.8 Å². The lowest BCUT2D eigenvalue weighted by molar-refractivity contribution is -0.120. The lowest BCUT2D eigenvalue weighted by Crippen LogP contribution is -2.30. The maximum atomic E-state index is 12.0. The predicted molar refractivity (Wildman–Crippen MR) is 96.2 cm³/mol. The summed E-state index contributed by atoms with van der Waals surface area (Å²) >= 11 is 7.51. The molecular formula is C18H21ClN2OS. The summed E-state index contributed by atoms with van der Waals surface area (Å²) < 4.78 is 0. The maximum Gasteiger partial charge on any atom is 0.225 e. The number of amides is 1. The number of nitrogens with zero attached hydrogens (tertiary/aromatic N) is 1. The van der Waals surface area contributed by atoms with Crippen molar-refractivity contribution < 1.29 is 4.79 Å². The first-order valence-corrected chi connectivity index (χ1v) is 9.34. The zero-order valence-electron chi connectivity index (χ0n) is 13.3. The van der Waals surface area contributed by atoms with Crippen LogP contribution in [-0.4, -0.2) is 11.7 Å². The van der Waals surface area contributed by atoms with E-state index in [0.717, 1.165) is 22.8 Å². The molecule has 1 aliphatic heterocycles. The van der Waals surface area contributed by atoms with Crippen molar-refractivity contribution in [2.75, 3.05) is 5.75 Å². The van der Waals surface area contributed by atoms with Crippen LogP contribution < -0.4 is 5.32 Å². The molecule has 0 fully saturated rings. The van der Waals surface area contributed by atoms with Gasteiger partial charge in [-0.1, -0.05) is 49.9 Å². The van der Waals surface area contributed by atoms with Gasteiger partial charge in [-0.25, -0.2) is 0 Å². The number of carbonyl (C=O) groups is 1. The van der Waals surface area contributed by atoms with Crippen LogP contribution in [0, 0.1) is 11.3 Å². The maximum absolute atomic E-state index is 12.0. The molecule has 1 amide bonds. The standard InChI is InChI=1S/C18H21ClN2OS/c1-2-3-4-5-10-23-18-16(12-20)15(11-17(22)21-18)13-6-8-14(19)9-7-13/h6-9,15H,2-5,10-11H2,1H3,(H,21,22)/t15-/m1/s1. The van der Waals surface area contributed by atoms with Gasteiger partial charge >= 0.3 is 0 Å². The van der Waals surface area contributed by atoms with Crippen LogP contribution in [0.2, 0.25) is 5.02 Å². The summed E-state index contributed by atoms with van der Waals surface area (Å²) in [5.74, 6) is 0.720. The molecule has 0 aromatic heterocycles. The molecule has 0 radical (unpaired) electrons. The monoisotopic (exact) mass is 348 g/mol. The molecule has 0 spiro atoms. The van der Waals surface area contributed by atoms with Crippen LogP contribution in [0.5, 0.6) is 0 Å². The van der Waals surface area contributed by atoms with Crippen molar-refractivity contribution in [3.63, 3.8) is 0 Å². The van der Waals surface area contributed by atoms with Crippen molar-refractivity contribution in [3.05, 3.63) is 45.5 Å². The first kappa shape index (κ1) is 17.9. The number of hydrogen-bond acceptors (Lipinski definition) is 3. The predicted octanol–water partition coefficient (Wildman–Crippen LogP) is 4.99. The number of nitrogens with one attached hydrogen (secondary N) is 1. The van der Waals surface area contributed by atoms with Crippen LogP contribution in [0.25, 0.3) is 0 Å². The molecule has 1 heterocycles. The zero-order chi connectivity index (χ0) is 16.7. The Morgan fingerprint density at radius 3 is 2.70 bits per heavy atom. The van der Waals surface area contributed by atoms with Gasteiger partial charge in [0.05, 0.1) is 16.7 Å². The van der Waals surface area contributed by atoms with Gasteiger partial charge in [0.2, 0.25) is 5.91 Å². The molecule has 0 bridgehead atoms. The lowest BCUT2D eigenvalue weighted by Gasteiger charge is -2.25. The lowest BCUT2D eigenvalue weighted by atomic mass is 9.87. The molecule has 5 heteroatoms. The average Bonchev–Trinajstić information content (AvgIpc) is 2.55. The van der Waals surface area contributed by atoms with Gasteiger partial charge in [-0.3, -0.25) is 4.79 Å². The molecule has 3 nitrogen and oxygen atoms in total. The second-order valence-corrected chi connectivity index (χ2v) is 7.16. The third-order valence-electron chi connectivity index (χ3n) is 3.87. The minimum atomic E-state index is -0.177. The van der Waals surface area contributed by atoms with Crippen LogP contribution >= 0.6 is 23.4 Å². The van der Waals surface area contributed by atoms with Gasteiger partial charge in [-0.05, 0) is 29.9 Å². The first-order chi connectivity index (χ1) is 11.2. The molecule has 0 saturated heterocycles. The third kappa shape index (κ3) is 5.02. The molecule has 1 aliphatic rings. The molecule has 1 N–H and O–H groups in total. The minimum Gasteiger partial charge on any atom is -0.320 e. The number of nitriles is 1. The number of allylic oxidation sites excluding steroid dienone is 1. The summed E-state index contributed by atoms with van der Waals surface area (Å²) in [6.07, 6.45) is 5.02. The highest BCUT2D eigenvalue weighted by Gasteiger charge is 2.29. The summed E-state index contributed by atoms with van der Waals surface area (Å²) in [5, 5.41) is 13.8. The Morgan fingerprint density at radius 2 is 2.04 bits per heavy atom. The van der Waals surface area contributed by atoms with Crippen LogP contribution in [-0.2, 0) is 4.79 Å². The molecular weight excluding hydrogens is 328 g/mol. The van der Waals surface area contributed by atoms with Gasteiger partial charge in [0.15, 0.2) is 0 Å². The number of carbonyl (C=O) groups excluding carboxylic acids is 1. The number of halogens is 1. The summed E-state index contributed by atoms with van der Waals surface area (Å²) in [6, 6.07) is 9.69. The van der Waals surface area contributed by atoms with Gasteiger partial charge in [0.25, 0.3) is 0 Å². The van der Waals surface area contributed by atoms with E-state index in [2.05, 4.69) is 18.3 Å². The SMILES string of the molecule is CCCCCCSC1=C(C#N)[C@@H](c2ccc(Cl)cc2)CC(=O)N1. The van der Waals surface area contributed by atoms with E-state index in [4.69, 9.17) is 11.6 Å². The number of thioether (sulfide) groups is 1. The molecule has 122 valence electrons. The van der Waals surface area contributed by atoms with Crippen molar-refractivity contribution in [2.45, 2.75) is 44.9 Å². The zero-order valence-corrected chi connectivity index (χ0v) is 14.8. The Morgan fingerprint density at radius 1 is 1.30 bits per heavy atom. The van der Waals surface area contributed by atoms with Crippen molar-refractivity contribution in [1.82, 2.24) is 5.32 Å². The molecule has 1 atom stereocenters. The van der Waals surface area contributed by atoms with E-state index < -0.39 is 0 Å². The Kier molecular flexibility index (Phi) is 7.01. The van der Waals surface area contributed by atoms with E-state index in [1.807, 2.05) is 12.1 Å². The summed E-state index contributed by atoms with van der Waals surface area (Å²) in [7, 11) is 0. The molecule has 0 unspecified atom stereocenters. The summed E-state index contributed by atoms with van der Waals surface area (Å²) in [5.41, 5.74) is 1.62. The second kappa shape index (κ2) is 9.00. The summed E-state index contributed by atoms with van der Waals surface area (Å²) in [6.45, 7) is 2.18. The normalized spacial score (nSPS) is 17.8. The van der Waals surface area contributed by atoms with Crippen molar-refractivity contribution in [2.24, 2.45) is 0 Å². The molecule has 1 aromatic carbocycles. The molecule has 1 aromatic rings. The van der Waals surface area contributed by atoms with Crippen LogP contribution in [0.15, 0.2) is 34.9 Å². The fourth-order valence-electron chi connectivity index (χ4n) is 2.62. The van der Waals surface area contributed by atoms with E-state index in [-0.39, 0.29) is 11.8 Å². The fraction of sp³-hybridized carbons (Fsp3) is 0.444. The van der Waals surface area contributed by atoms with Crippen LogP contribution in [0.1, 0.15) is 50.5 Å². The quantitative estimate of drug-likeness (QED) is 0.706. The molecule has 2 rings (SSSR count). The number of benzene rings is 1. The molecule has 0 aliphatic carbocycles. The highest BCUT2D eigenvalue weighted by Crippen LogP contribution is 2.36. The van der Waals surface area contributed by atoms with Crippen LogP contribution in [0.4, 0.5) is 0 Å². The average molecular weight is 349 g/mol. The Labute approximate surface area is 147 Å². The first-order valence-electron chi connectivity index (χ1n) is 7.98. The minimum absolute atomic E-state index is 0.0278. The number of unbranched alkanes of at least 4 members (excludes halogenated alkanes) is 3. The van der Waals surface area contributed by atoms with E-state index in [0.29, 0.717) is 17.0 Å². The van der Waals surface area contributed by atoms with Gasteiger partial charge in [0, 0.05) is 17.4 Å². The highest BCUT2D eigenvalue weighted by molar-refractivity contribution is 8.03. The van der Waals surface area contributed by atoms with Crippen molar-refractivity contribution in [1.29, 1.82) is 5.26 Å². The molecule has 23 heavy (non-hydrogen) atoms. The smallest absolute Gasteiger partial charge is 0.225 e. The van der Waals surface area contributed by atoms with Crippen LogP contribution in [0.3, 0.4) is 0 Å². The van der Waals surface area contributed by atoms with Crippen molar-refractivity contribution >= 4 is 29.3 Å². The number of rotatable bonds is 7. The van der Waals surface area contributed by atoms with Gasteiger partial charge in [0.1, 0.15) is 0 Å². The van der Waals surface area contributed by atoms with Crippen molar-refractivity contribution in [3.8, 4) is 6.07 Å². The summed E-state index contributed by atoms with van der Waals surface area (Å²) in [4.78, 5) is 12.0. The number of hydrogen-bond donors (Lipinski definition) is 1. The Balaban J connectivity index is 2.14. The molecule has 0 saturated carbocycles. The van der Waals surface area contributed by atoms with Gasteiger partial charge in [-0.2, -0.15) is 5.26 Å². The van der Waals surface area contributed by atoms with E-state index in [1.165, 1.54) is 19.3 Å². The largest absolute Gasteiger partial charge is 0.320 e. The van der Waals surface area contributed by atoms with E-state index in [9.17, 15) is 10.1 Å². The Hall–Kier alpha value is -1.44.